The molecule has 2 amide bonds. The summed E-state index contributed by atoms with van der Waals surface area (Å²) in [5.41, 5.74) is 2.02. The Labute approximate surface area is 122 Å². The molecule has 0 unspecified atom stereocenters. The van der Waals surface area contributed by atoms with Crippen molar-refractivity contribution >= 4 is 23.1 Å². The number of nitrogens with one attached hydrogen (secondary N) is 1. The van der Waals surface area contributed by atoms with Crippen molar-refractivity contribution in [3.05, 3.63) is 54.3 Å². The van der Waals surface area contributed by atoms with Gasteiger partial charge >= 0.3 is 6.03 Å². The third kappa shape index (κ3) is 2.54. The minimum Gasteiger partial charge on any atom is -0.371 e. The molecule has 0 spiro atoms. The number of carbonyl (C=O) groups excluding carboxylic acids is 1. The number of urea groups is 1. The van der Waals surface area contributed by atoms with Crippen molar-refractivity contribution in [3.63, 3.8) is 0 Å². The third-order valence-electron chi connectivity index (χ3n) is 3.60. The van der Waals surface area contributed by atoms with E-state index in [9.17, 15) is 9.18 Å². The maximum Gasteiger partial charge on any atom is 0.326 e. The van der Waals surface area contributed by atoms with Crippen LogP contribution in [0.2, 0.25) is 0 Å². The second-order valence-corrected chi connectivity index (χ2v) is 4.97. The predicted octanol–water partition coefficient (Wildman–Crippen LogP) is 3.31. The number of carbonyl (C=O) groups is 1. The molecule has 3 rings (SSSR count). The summed E-state index contributed by atoms with van der Waals surface area (Å²) in [4.78, 5) is 16.2. The molecule has 21 heavy (non-hydrogen) atoms. The molecule has 0 bridgehead atoms. The Morgan fingerprint density at radius 1 is 1.05 bits per heavy atom. The fourth-order valence-electron chi connectivity index (χ4n) is 2.46. The average Bonchev–Trinajstić information content (AvgIpc) is 2.50. The van der Waals surface area contributed by atoms with Gasteiger partial charge in [-0.3, -0.25) is 4.90 Å². The maximum absolute atomic E-state index is 13.6. The van der Waals surface area contributed by atoms with Crippen LogP contribution in [0.4, 0.5) is 26.2 Å². The Kier molecular flexibility index (Phi) is 3.48. The lowest BCUT2D eigenvalue weighted by atomic mass is 10.2. The Morgan fingerprint density at radius 3 is 2.48 bits per heavy atom. The lowest BCUT2D eigenvalue weighted by molar-refractivity contribution is 0.256. The van der Waals surface area contributed by atoms with Crippen LogP contribution in [0.3, 0.4) is 0 Å². The zero-order chi connectivity index (χ0) is 14.8. The van der Waals surface area contributed by atoms with Crippen LogP contribution in [-0.2, 0) is 0 Å². The molecule has 1 aliphatic heterocycles. The summed E-state index contributed by atoms with van der Waals surface area (Å²) < 4.78 is 13.6. The van der Waals surface area contributed by atoms with Gasteiger partial charge in [0.25, 0.3) is 0 Å². The largest absolute Gasteiger partial charge is 0.371 e. The summed E-state index contributed by atoms with van der Waals surface area (Å²) >= 11 is 0. The quantitative estimate of drug-likeness (QED) is 0.872. The Bertz CT molecular complexity index is 674. The highest BCUT2D eigenvalue weighted by Gasteiger charge is 2.25. The number of nitrogens with zero attached hydrogens (tertiary/aromatic N) is 2. The molecule has 1 aliphatic rings. The fraction of sp³-hybridized carbons (Fsp3) is 0.188. The number of likely N-dealkylation sites (N-methyl/N-ethyl adjacent to an activating group) is 1. The van der Waals surface area contributed by atoms with Crippen LogP contribution < -0.4 is 15.1 Å². The summed E-state index contributed by atoms with van der Waals surface area (Å²) in [6.45, 7) is 1.30. The number of fused-ring (bicyclic) bond motifs is 1. The minimum absolute atomic E-state index is 0.193. The molecule has 0 aliphatic carbocycles. The number of para-hydroxylation sites is 3. The first-order valence-electron chi connectivity index (χ1n) is 6.80. The van der Waals surface area contributed by atoms with Crippen LogP contribution in [-0.4, -0.2) is 26.2 Å². The van der Waals surface area contributed by atoms with E-state index in [1.165, 1.54) is 6.07 Å². The Balaban J connectivity index is 1.86. The molecule has 1 N–H and O–H groups in total. The van der Waals surface area contributed by atoms with Crippen molar-refractivity contribution in [1.82, 2.24) is 0 Å². The number of halogens is 1. The maximum atomic E-state index is 13.6. The Hall–Kier alpha value is -2.56. The molecular weight excluding hydrogens is 269 g/mol. The van der Waals surface area contributed by atoms with Crippen molar-refractivity contribution in [2.45, 2.75) is 0 Å². The number of anilines is 3. The zero-order valence-electron chi connectivity index (χ0n) is 11.7. The molecule has 4 nitrogen and oxygen atoms in total. The summed E-state index contributed by atoms with van der Waals surface area (Å²) in [5, 5.41) is 2.63. The van der Waals surface area contributed by atoms with E-state index in [1.54, 1.807) is 23.1 Å². The van der Waals surface area contributed by atoms with E-state index in [2.05, 4.69) is 10.2 Å². The van der Waals surface area contributed by atoms with E-state index in [0.29, 0.717) is 6.54 Å². The van der Waals surface area contributed by atoms with Crippen LogP contribution in [0.5, 0.6) is 0 Å². The first kappa shape index (κ1) is 13.4. The molecule has 2 aromatic rings. The van der Waals surface area contributed by atoms with Gasteiger partial charge in [0.15, 0.2) is 0 Å². The van der Waals surface area contributed by atoms with E-state index < -0.39 is 5.82 Å². The van der Waals surface area contributed by atoms with Gasteiger partial charge < -0.3 is 10.2 Å². The van der Waals surface area contributed by atoms with Gasteiger partial charge in [0.2, 0.25) is 0 Å². The highest BCUT2D eigenvalue weighted by Crippen LogP contribution is 2.32. The molecular formula is C16H16FN3O. The molecule has 108 valence electrons. The molecule has 0 aromatic heterocycles. The highest BCUT2D eigenvalue weighted by molar-refractivity contribution is 6.04. The van der Waals surface area contributed by atoms with Gasteiger partial charge in [-0.05, 0) is 24.3 Å². The molecule has 5 heteroatoms. The summed E-state index contributed by atoms with van der Waals surface area (Å²) in [6, 6.07) is 13.5. The molecule has 0 saturated heterocycles. The second kappa shape index (κ2) is 5.44. The number of hydrogen-bond donors (Lipinski definition) is 1. The zero-order valence-corrected chi connectivity index (χ0v) is 11.7. The van der Waals surface area contributed by atoms with Crippen LogP contribution in [0.15, 0.2) is 48.5 Å². The predicted molar refractivity (Wildman–Crippen MR) is 82.5 cm³/mol. The number of rotatable bonds is 1. The molecule has 1 heterocycles. The fourth-order valence-corrected chi connectivity index (χ4v) is 2.46. The monoisotopic (exact) mass is 285 g/mol. The second-order valence-electron chi connectivity index (χ2n) is 4.97. The van der Waals surface area contributed by atoms with Gasteiger partial charge in [0.1, 0.15) is 5.82 Å². The topological polar surface area (TPSA) is 35.6 Å². The van der Waals surface area contributed by atoms with Gasteiger partial charge in [-0.1, -0.05) is 24.3 Å². The van der Waals surface area contributed by atoms with Crippen LogP contribution in [0.25, 0.3) is 0 Å². The smallest absolute Gasteiger partial charge is 0.326 e. The van der Waals surface area contributed by atoms with Crippen LogP contribution >= 0.6 is 0 Å². The first-order valence-corrected chi connectivity index (χ1v) is 6.80. The van der Waals surface area contributed by atoms with Crippen LogP contribution in [0, 0.1) is 5.82 Å². The highest BCUT2D eigenvalue weighted by atomic mass is 19.1. The van der Waals surface area contributed by atoms with E-state index in [-0.39, 0.29) is 11.7 Å². The normalized spacial score (nSPS) is 13.8. The summed E-state index contributed by atoms with van der Waals surface area (Å²) in [5.74, 6) is -0.437. The van der Waals surface area contributed by atoms with Crippen LogP contribution in [0.1, 0.15) is 0 Å². The minimum atomic E-state index is -0.437. The van der Waals surface area contributed by atoms with E-state index in [4.69, 9.17) is 0 Å². The van der Waals surface area contributed by atoms with Crippen molar-refractivity contribution in [2.24, 2.45) is 0 Å². The standard InChI is InChI=1S/C16H16FN3O/c1-19-10-11-20(15-9-5-4-8-14(15)19)16(21)18-13-7-3-2-6-12(13)17/h2-9H,10-11H2,1H3,(H,18,21). The van der Waals surface area contributed by atoms with Crippen molar-refractivity contribution in [2.75, 3.05) is 35.3 Å². The van der Waals surface area contributed by atoms with Gasteiger partial charge in [-0.25, -0.2) is 9.18 Å². The average molecular weight is 285 g/mol. The van der Waals surface area contributed by atoms with Crippen molar-refractivity contribution in [1.29, 1.82) is 0 Å². The van der Waals surface area contributed by atoms with E-state index in [1.807, 2.05) is 31.3 Å². The molecule has 0 atom stereocenters. The van der Waals surface area contributed by atoms with E-state index >= 15 is 0 Å². The van der Waals surface area contributed by atoms with Crippen molar-refractivity contribution < 1.29 is 9.18 Å². The third-order valence-corrected chi connectivity index (χ3v) is 3.60. The van der Waals surface area contributed by atoms with E-state index in [0.717, 1.165) is 17.9 Å². The molecule has 0 saturated carbocycles. The SMILES string of the molecule is CN1CCN(C(=O)Nc2ccccc2F)c2ccccc21. The summed E-state index contributed by atoms with van der Waals surface area (Å²) in [7, 11) is 1.99. The molecule has 0 fully saturated rings. The van der Waals surface area contributed by atoms with Gasteiger partial charge in [-0.15, -0.1) is 0 Å². The molecule has 2 aromatic carbocycles. The first-order chi connectivity index (χ1) is 10.2. The number of hydrogen-bond acceptors (Lipinski definition) is 2. The van der Waals surface area contributed by atoms with Gasteiger partial charge in [-0.2, -0.15) is 0 Å². The lowest BCUT2D eigenvalue weighted by Crippen LogP contribution is -2.44. The van der Waals surface area contributed by atoms with Gasteiger partial charge in [0, 0.05) is 20.1 Å². The van der Waals surface area contributed by atoms with Crippen molar-refractivity contribution in [3.8, 4) is 0 Å². The number of amides is 2. The Morgan fingerprint density at radius 2 is 1.71 bits per heavy atom. The van der Waals surface area contributed by atoms with Gasteiger partial charge in [0.05, 0.1) is 17.1 Å². The lowest BCUT2D eigenvalue weighted by Gasteiger charge is -2.35. The number of benzene rings is 2. The molecule has 0 radical (unpaired) electrons. The summed E-state index contributed by atoms with van der Waals surface area (Å²) in [6.07, 6.45) is 0.